The summed E-state index contributed by atoms with van der Waals surface area (Å²) in [5, 5.41) is 2.82. The van der Waals surface area contributed by atoms with Crippen molar-refractivity contribution < 1.29 is 18.7 Å². The van der Waals surface area contributed by atoms with Crippen molar-refractivity contribution in [3.63, 3.8) is 0 Å². The van der Waals surface area contributed by atoms with Crippen LogP contribution in [0.15, 0.2) is 65.1 Å². The van der Waals surface area contributed by atoms with E-state index in [1.165, 1.54) is 5.56 Å². The van der Waals surface area contributed by atoms with Gasteiger partial charge < -0.3 is 19.2 Å². The molecule has 1 N–H and O–H groups in total. The Labute approximate surface area is 152 Å². The van der Waals surface area contributed by atoms with Crippen LogP contribution in [0.4, 0.5) is 5.69 Å². The second-order valence-corrected chi connectivity index (χ2v) is 5.73. The summed E-state index contributed by atoms with van der Waals surface area (Å²) in [5.74, 6) is 2.00. The smallest absolute Gasteiger partial charge is 0.291 e. The molecule has 0 atom stereocenters. The molecule has 2 aromatic carbocycles. The van der Waals surface area contributed by atoms with Gasteiger partial charge in [-0.25, -0.2) is 0 Å². The van der Waals surface area contributed by atoms with Crippen molar-refractivity contribution >= 4 is 11.6 Å². The van der Waals surface area contributed by atoms with Gasteiger partial charge in [-0.3, -0.25) is 4.79 Å². The van der Waals surface area contributed by atoms with Gasteiger partial charge in [0, 0.05) is 5.69 Å². The van der Waals surface area contributed by atoms with Gasteiger partial charge in [0.1, 0.15) is 23.9 Å². The van der Waals surface area contributed by atoms with E-state index in [0.29, 0.717) is 11.5 Å². The van der Waals surface area contributed by atoms with Crippen LogP contribution in [0.2, 0.25) is 0 Å². The molecule has 0 radical (unpaired) electrons. The van der Waals surface area contributed by atoms with Crippen LogP contribution in [0.5, 0.6) is 11.5 Å². The summed E-state index contributed by atoms with van der Waals surface area (Å²) in [4.78, 5) is 12.3. The molecule has 5 heteroatoms. The Morgan fingerprint density at radius 3 is 2.31 bits per heavy atom. The minimum atomic E-state index is -0.287. The molecule has 0 bridgehead atoms. The molecule has 3 rings (SSSR count). The van der Waals surface area contributed by atoms with Crippen LogP contribution >= 0.6 is 0 Å². The minimum Gasteiger partial charge on any atom is -0.497 e. The van der Waals surface area contributed by atoms with Crippen molar-refractivity contribution in [2.75, 3.05) is 12.4 Å². The van der Waals surface area contributed by atoms with Crippen LogP contribution in [0.25, 0.3) is 0 Å². The van der Waals surface area contributed by atoms with Crippen molar-refractivity contribution in [1.82, 2.24) is 0 Å². The first-order valence-corrected chi connectivity index (χ1v) is 8.44. The van der Waals surface area contributed by atoms with E-state index >= 15 is 0 Å². The fourth-order valence-electron chi connectivity index (χ4n) is 2.42. The number of benzene rings is 2. The number of ether oxygens (including phenoxy) is 2. The number of anilines is 1. The van der Waals surface area contributed by atoms with Crippen molar-refractivity contribution in [3.8, 4) is 11.5 Å². The van der Waals surface area contributed by atoms with Crippen molar-refractivity contribution in [2.45, 2.75) is 20.0 Å². The fourth-order valence-corrected chi connectivity index (χ4v) is 2.42. The number of furan rings is 1. The highest BCUT2D eigenvalue weighted by Crippen LogP contribution is 2.19. The highest BCUT2D eigenvalue weighted by Gasteiger charge is 2.12. The minimum absolute atomic E-state index is 0.241. The molecule has 0 unspecified atom stereocenters. The quantitative estimate of drug-likeness (QED) is 0.671. The van der Waals surface area contributed by atoms with E-state index in [1.54, 1.807) is 19.2 Å². The first-order chi connectivity index (χ1) is 12.7. The molecule has 0 aliphatic heterocycles. The normalized spacial score (nSPS) is 10.4. The zero-order chi connectivity index (χ0) is 18.4. The first-order valence-electron chi connectivity index (χ1n) is 8.44. The van der Waals surface area contributed by atoms with E-state index in [4.69, 9.17) is 13.9 Å². The van der Waals surface area contributed by atoms with Gasteiger partial charge in [0.15, 0.2) is 5.76 Å². The number of carbonyl (C=O) groups is 1. The van der Waals surface area contributed by atoms with Gasteiger partial charge in [0.2, 0.25) is 0 Å². The number of hydrogen-bond acceptors (Lipinski definition) is 4. The summed E-state index contributed by atoms with van der Waals surface area (Å²) in [6.07, 6.45) is 0.962. The summed E-state index contributed by atoms with van der Waals surface area (Å²) in [5.41, 5.74) is 1.96. The Bertz CT molecular complexity index is 850. The SMILES string of the molecule is CCc1ccc(NC(=O)c2ccc(COc3ccc(OC)cc3)o2)cc1. The lowest BCUT2D eigenvalue weighted by Crippen LogP contribution is -2.10. The highest BCUT2D eigenvalue weighted by atomic mass is 16.5. The third kappa shape index (κ3) is 4.45. The van der Waals surface area contributed by atoms with Gasteiger partial charge in [-0.1, -0.05) is 19.1 Å². The van der Waals surface area contributed by atoms with E-state index in [0.717, 1.165) is 17.9 Å². The molecule has 1 aromatic heterocycles. The molecular formula is C21H21NO4. The lowest BCUT2D eigenvalue weighted by molar-refractivity contribution is 0.0992. The van der Waals surface area contributed by atoms with Crippen LogP contribution < -0.4 is 14.8 Å². The number of nitrogens with one attached hydrogen (secondary N) is 1. The number of methoxy groups -OCH3 is 1. The standard InChI is InChI=1S/C21H21NO4/c1-3-15-4-6-16(7-5-15)22-21(23)20-13-12-19(26-20)14-25-18-10-8-17(24-2)9-11-18/h4-13H,3,14H2,1-2H3,(H,22,23). The molecule has 0 saturated heterocycles. The molecule has 0 saturated carbocycles. The van der Waals surface area contributed by atoms with Gasteiger partial charge in [-0.15, -0.1) is 0 Å². The van der Waals surface area contributed by atoms with Crippen molar-refractivity contribution in [2.24, 2.45) is 0 Å². The molecule has 134 valence electrons. The number of carbonyl (C=O) groups excluding carboxylic acids is 1. The van der Waals surface area contributed by atoms with Crippen LogP contribution in [-0.2, 0) is 13.0 Å². The summed E-state index contributed by atoms with van der Waals surface area (Å²) in [6, 6.07) is 18.4. The van der Waals surface area contributed by atoms with Gasteiger partial charge in [-0.05, 0) is 60.5 Å². The Balaban J connectivity index is 1.56. The fraction of sp³-hybridized carbons (Fsp3) is 0.190. The maximum Gasteiger partial charge on any atom is 0.291 e. The predicted molar refractivity (Wildman–Crippen MR) is 99.8 cm³/mol. The lowest BCUT2D eigenvalue weighted by atomic mass is 10.1. The maximum absolute atomic E-state index is 12.3. The van der Waals surface area contributed by atoms with Gasteiger partial charge >= 0.3 is 0 Å². The summed E-state index contributed by atoms with van der Waals surface area (Å²) in [7, 11) is 1.61. The molecular weight excluding hydrogens is 330 g/mol. The van der Waals surface area contributed by atoms with Crippen LogP contribution in [0.3, 0.4) is 0 Å². The Kier molecular flexibility index (Phi) is 5.59. The third-order valence-corrected chi connectivity index (χ3v) is 3.95. The summed E-state index contributed by atoms with van der Waals surface area (Å²) < 4.78 is 16.3. The van der Waals surface area contributed by atoms with Crippen LogP contribution in [0, 0.1) is 0 Å². The molecule has 3 aromatic rings. The predicted octanol–water partition coefficient (Wildman–Crippen LogP) is 4.68. The number of amides is 1. The Hall–Kier alpha value is -3.21. The molecule has 1 amide bonds. The molecule has 5 nitrogen and oxygen atoms in total. The zero-order valence-electron chi connectivity index (χ0n) is 14.8. The number of aryl methyl sites for hydroxylation is 1. The average molecular weight is 351 g/mol. The van der Waals surface area contributed by atoms with E-state index in [2.05, 4.69) is 12.2 Å². The number of rotatable bonds is 7. The Morgan fingerprint density at radius 2 is 1.65 bits per heavy atom. The maximum atomic E-state index is 12.3. The van der Waals surface area contributed by atoms with E-state index < -0.39 is 0 Å². The average Bonchev–Trinajstić information content (AvgIpc) is 3.16. The monoisotopic (exact) mass is 351 g/mol. The largest absolute Gasteiger partial charge is 0.497 e. The molecule has 0 fully saturated rings. The van der Waals surface area contributed by atoms with Crippen molar-refractivity contribution in [3.05, 3.63) is 77.7 Å². The summed E-state index contributed by atoms with van der Waals surface area (Å²) in [6.45, 7) is 2.33. The van der Waals surface area contributed by atoms with Gasteiger partial charge in [0.25, 0.3) is 5.91 Å². The third-order valence-electron chi connectivity index (χ3n) is 3.95. The highest BCUT2D eigenvalue weighted by molar-refractivity contribution is 6.02. The Morgan fingerprint density at radius 1 is 0.962 bits per heavy atom. The van der Waals surface area contributed by atoms with Gasteiger partial charge in [0.05, 0.1) is 7.11 Å². The molecule has 0 aliphatic carbocycles. The van der Waals surface area contributed by atoms with E-state index in [-0.39, 0.29) is 18.3 Å². The van der Waals surface area contributed by atoms with Crippen LogP contribution in [0.1, 0.15) is 28.8 Å². The second kappa shape index (κ2) is 8.25. The van der Waals surface area contributed by atoms with Crippen molar-refractivity contribution in [1.29, 1.82) is 0 Å². The number of hydrogen-bond donors (Lipinski definition) is 1. The molecule has 0 spiro atoms. The summed E-state index contributed by atoms with van der Waals surface area (Å²) >= 11 is 0. The lowest BCUT2D eigenvalue weighted by Gasteiger charge is -2.06. The second-order valence-electron chi connectivity index (χ2n) is 5.73. The zero-order valence-corrected chi connectivity index (χ0v) is 14.8. The van der Waals surface area contributed by atoms with E-state index in [1.807, 2.05) is 48.5 Å². The molecule has 0 aliphatic rings. The van der Waals surface area contributed by atoms with E-state index in [9.17, 15) is 4.79 Å². The first kappa shape index (κ1) is 17.6. The molecule has 1 heterocycles. The topological polar surface area (TPSA) is 60.7 Å². The van der Waals surface area contributed by atoms with Crippen LogP contribution in [-0.4, -0.2) is 13.0 Å². The molecule has 26 heavy (non-hydrogen) atoms. The van der Waals surface area contributed by atoms with Gasteiger partial charge in [-0.2, -0.15) is 0 Å².